The van der Waals surface area contributed by atoms with E-state index in [4.69, 9.17) is 0 Å². The van der Waals surface area contributed by atoms with Crippen LogP contribution < -0.4 is 5.32 Å². The quantitative estimate of drug-likeness (QED) is 0.542. The number of pyridine rings is 1. The fraction of sp³-hybridized carbons (Fsp3) is 0.222. The maximum absolute atomic E-state index is 11.3. The zero-order valence-electron chi connectivity index (χ0n) is 7.68. The van der Waals surface area contributed by atoms with Gasteiger partial charge in [0, 0.05) is 18.8 Å². The van der Waals surface area contributed by atoms with Gasteiger partial charge in [0.1, 0.15) is 12.7 Å². The number of nitrogens with one attached hydrogen (secondary N) is 1. The number of aromatic nitrogens is 1. The maximum atomic E-state index is 11.3. The summed E-state index contributed by atoms with van der Waals surface area (Å²) in [6.45, 7) is 5.09. The van der Waals surface area contributed by atoms with Crippen LogP contribution in [0, 0.1) is 0 Å². The second-order valence-corrected chi connectivity index (χ2v) is 2.97. The van der Waals surface area contributed by atoms with Gasteiger partial charge in [0.05, 0.1) is 0 Å². The molecule has 0 saturated carbocycles. The minimum absolute atomic E-state index is 0.121. The van der Waals surface area contributed by atoms with Gasteiger partial charge >= 0.3 is 6.03 Å². The third-order valence-electron chi connectivity index (χ3n) is 2.07. The minimum Gasteiger partial charge on any atom is -0.332 e. The summed E-state index contributed by atoms with van der Waals surface area (Å²) in [5.74, 6) is 0. The monoisotopic (exact) mass is 191 g/mol. The van der Waals surface area contributed by atoms with E-state index in [0.717, 1.165) is 5.69 Å². The van der Waals surface area contributed by atoms with Crippen LogP contribution in [0.25, 0.3) is 0 Å². The largest absolute Gasteiger partial charge is 0.370 e. The molecular weight excluding hydrogens is 180 g/mol. The predicted octanol–water partition coefficient (Wildman–Crippen LogP) is 0.366. The number of hydrazone groups is 1. The van der Waals surface area contributed by atoms with Crippen LogP contribution in [0.3, 0.4) is 0 Å². The molecule has 1 saturated heterocycles. The van der Waals surface area contributed by atoms with Crippen molar-refractivity contribution in [1.29, 1.82) is 0 Å². The molecule has 0 unspecified atom stereocenters. The van der Waals surface area contributed by atoms with Crippen molar-refractivity contribution in [2.24, 2.45) is 0 Å². The van der Waals surface area contributed by atoms with Gasteiger partial charge in [-0.1, -0.05) is 9.69 Å². The zero-order chi connectivity index (χ0) is 9.97. The van der Waals surface area contributed by atoms with Gasteiger partial charge in [0.2, 0.25) is 0 Å². The molecule has 0 aliphatic carbocycles. The highest BCUT2D eigenvalue weighted by Gasteiger charge is 2.29. The summed E-state index contributed by atoms with van der Waals surface area (Å²) in [4.78, 5) is 15.3. The number of carbonyl (C=O) groups is 1. The average molecular weight is 191 g/mol. The van der Waals surface area contributed by atoms with E-state index in [2.05, 4.69) is 17.0 Å². The summed E-state index contributed by atoms with van der Waals surface area (Å²) in [5.41, 5.74) is 0.796. The van der Waals surface area contributed by atoms with Gasteiger partial charge in [-0.05, 0) is 6.07 Å². The highest BCUT2D eigenvalue weighted by molar-refractivity contribution is 5.75. The second kappa shape index (κ2) is 3.45. The third kappa shape index (κ3) is 1.44. The first-order valence-electron chi connectivity index (χ1n) is 4.35. The van der Waals surface area contributed by atoms with Gasteiger partial charge in [-0.25, -0.2) is 4.79 Å². The van der Waals surface area contributed by atoms with Crippen LogP contribution >= 0.6 is 0 Å². The number of hydrogen-bond acceptors (Lipinski definition) is 2. The van der Waals surface area contributed by atoms with Gasteiger partial charge in [0.15, 0.2) is 6.72 Å². The lowest BCUT2D eigenvalue weighted by atomic mass is 10.4. The lowest BCUT2D eigenvalue weighted by Crippen LogP contribution is -2.34. The SMILES string of the molecule is C=[N+](c1cccnc1)N1CCNC1=O. The van der Waals surface area contributed by atoms with E-state index >= 15 is 0 Å². The van der Waals surface area contributed by atoms with Crippen LogP contribution in [-0.2, 0) is 0 Å². The maximum Gasteiger partial charge on any atom is 0.370 e. The number of urea groups is 1. The molecular formula is C9H11N4O+. The molecule has 0 bridgehead atoms. The average Bonchev–Trinajstić information content (AvgIpc) is 2.65. The molecule has 1 fully saturated rings. The molecule has 2 rings (SSSR count). The van der Waals surface area contributed by atoms with Crippen molar-refractivity contribution >= 4 is 18.4 Å². The summed E-state index contributed by atoms with van der Waals surface area (Å²) in [7, 11) is 0. The molecule has 1 aromatic rings. The molecule has 2 amide bonds. The molecule has 0 aromatic carbocycles. The standard InChI is InChI=1S/C9H10N4O/c1-12(8-3-2-4-10-7-8)13-6-5-11-9(13)14/h2-4,7H,1,5-6H2/p+1. The summed E-state index contributed by atoms with van der Waals surface area (Å²) in [6.07, 6.45) is 3.35. The van der Waals surface area contributed by atoms with E-state index in [1.54, 1.807) is 17.1 Å². The van der Waals surface area contributed by atoms with Crippen LogP contribution in [0.1, 0.15) is 0 Å². The summed E-state index contributed by atoms with van der Waals surface area (Å²) in [6, 6.07) is 3.54. The van der Waals surface area contributed by atoms with E-state index in [1.807, 2.05) is 12.1 Å². The summed E-state index contributed by atoms with van der Waals surface area (Å²) >= 11 is 0. The molecule has 1 aromatic heterocycles. The fourth-order valence-electron chi connectivity index (χ4n) is 1.34. The van der Waals surface area contributed by atoms with E-state index in [0.29, 0.717) is 13.1 Å². The highest BCUT2D eigenvalue weighted by Crippen LogP contribution is 2.11. The fourth-order valence-corrected chi connectivity index (χ4v) is 1.34. The van der Waals surface area contributed by atoms with Crippen LogP contribution in [0.2, 0.25) is 0 Å². The first-order chi connectivity index (χ1) is 6.79. The predicted molar refractivity (Wildman–Crippen MR) is 51.4 cm³/mol. The van der Waals surface area contributed by atoms with Gasteiger partial charge in [-0.2, -0.15) is 0 Å². The van der Waals surface area contributed by atoms with E-state index in [-0.39, 0.29) is 6.03 Å². The van der Waals surface area contributed by atoms with Crippen molar-refractivity contribution in [3.63, 3.8) is 0 Å². The number of hydrazine groups is 1. The van der Waals surface area contributed by atoms with E-state index < -0.39 is 0 Å². The number of nitrogens with zero attached hydrogens (tertiary/aromatic N) is 3. The Bertz CT molecular complexity index is 362. The van der Waals surface area contributed by atoms with Crippen molar-refractivity contribution in [2.75, 3.05) is 13.1 Å². The third-order valence-corrected chi connectivity index (χ3v) is 2.07. The van der Waals surface area contributed by atoms with Crippen LogP contribution in [0.4, 0.5) is 10.5 Å². The van der Waals surface area contributed by atoms with Crippen molar-refractivity contribution < 1.29 is 9.48 Å². The topological polar surface area (TPSA) is 48.2 Å². The van der Waals surface area contributed by atoms with Crippen LogP contribution in [0.15, 0.2) is 24.5 Å². The molecule has 1 aliphatic rings. The van der Waals surface area contributed by atoms with Crippen molar-refractivity contribution in [3.05, 3.63) is 24.5 Å². The number of rotatable bonds is 2. The Balaban J connectivity index is 2.20. The number of carbonyl (C=O) groups excluding carboxylic acids is 1. The lowest BCUT2D eigenvalue weighted by Gasteiger charge is -2.08. The molecule has 1 N–H and O–H groups in total. The molecule has 1 aliphatic heterocycles. The van der Waals surface area contributed by atoms with Gasteiger partial charge < -0.3 is 5.32 Å². The van der Waals surface area contributed by atoms with E-state index in [1.165, 1.54) is 5.01 Å². The van der Waals surface area contributed by atoms with Gasteiger partial charge in [-0.3, -0.25) is 4.98 Å². The Kier molecular flexibility index (Phi) is 2.14. The smallest absolute Gasteiger partial charge is 0.332 e. The second-order valence-electron chi connectivity index (χ2n) is 2.97. The Morgan fingerprint density at radius 2 is 2.50 bits per heavy atom. The minimum atomic E-state index is -0.121. The Morgan fingerprint density at radius 1 is 1.64 bits per heavy atom. The lowest BCUT2D eigenvalue weighted by molar-refractivity contribution is -0.588. The Morgan fingerprint density at radius 3 is 3.07 bits per heavy atom. The molecule has 0 radical (unpaired) electrons. The first-order valence-corrected chi connectivity index (χ1v) is 4.35. The normalized spacial score (nSPS) is 15.4. The Hall–Kier alpha value is -1.91. The Labute approximate surface area is 81.7 Å². The number of amides is 2. The number of hydrogen-bond donors (Lipinski definition) is 1. The van der Waals surface area contributed by atoms with E-state index in [9.17, 15) is 4.79 Å². The molecule has 5 heteroatoms. The van der Waals surface area contributed by atoms with Crippen molar-refractivity contribution in [3.8, 4) is 0 Å². The molecule has 0 atom stereocenters. The molecule has 72 valence electrons. The molecule has 2 heterocycles. The zero-order valence-corrected chi connectivity index (χ0v) is 7.68. The molecule has 0 spiro atoms. The summed E-state index contributed by atoms with van der Waals surface area (Å²) < 4.78 is 1.55. The van der Waals surface area contributed by atoms with Crippen molar-refractivity contribution in [1.82, 2.24) is 15.3 Å². The molecule has 14 heavy (non-hydrogen) atoms. The van der Waals surface area contributed by atoms with Crippen molar-refractivity contribution in [2.45, 2.75) is 0 Å². The van der Waals surface area contributed by atoms with Gasteiger partial charge in [-0.15, -0.1) is 0 Å². The highest BCUT2D eigenvalue weighted by atomic mass is 16.2. The van der Waals surface area contributed by atoms with Crippen LogP contribution in [0.5, 0.6) is 0 Å². The van der Waals surface area contributed by atoms with Gasteiger partial charge in [0.25, 0.3) is 5.69 Å². The molecule has 5 nitrogen and oxygen atoms in total. The first kappa shape index (κ1) is 8.68. The van der Waals surface area contributed by atoms with Crippen LogP contribution in [-0.4, -0.2) is 40.5 Å². The summed E-state index contributed by atoms with van der Waals surface area (Å²) in [5, 5.41) is 4.24.